The summed E-state index contributed by atoms with van der Waals surface area (Å²) < 4.78 is 0. The Kier molecular flexibility index (Phi) is 5.16. The van der Waals surface area contributed by atoms with Gasteiger partial charge in [-0.3, -0.25) is 4.79 Å². The van der Waals surface area contributed by atoms with E-state index in [1.165, 1.54) is 0 Å². The maximum atomic E-state index is 11.7. The number of aliphatic hydroxyl groups is 1. The van der Waals surface area contributed by atoms with Crippen LogP contribution in [0, 0.1) is 0 Å². The van der Waals surface area contributed by atoms with Crippen LogP contribution in [0.1, 0.15) is 32.3 Å². The summed E-state index contributed by atoms with van der Waals surface area (Å²) in [6.07, 6.45) is 1.91. The van der Waals surface area contributed by atoms with Crippen LogP contribution >= 0.6 is 0 Å². The van der Waals surface area contributed by atoms with Gasteiger partial charge in [0.15, 0.2) is 0 Å². The minimum absolute atomic E-state index is 0.00717. The van der Waals surface area contributed by atoms with E-state index < -0.39 is 5.54 Å². The Morgan fingerprint density at radius 2 is 2.00 bits per heavy atom. The van der Waals surface area contributed by atoms with E-state index in [0.717, 1.165) is 18.4 Å². The molecule has 1 aromatic rings. The van der Waals surface area contributed by atoms with E-state index in [1.807, 2.05) is 44.2 Å². The average Bonchev–Trinajstić information content (AvgIpc) is 2.37. The molecular formula is C14H21NO2. The third-order valence-electron chi connectivity index (χ3n) is 3.05. The largest absolute Gasteiger partial charge is 0.394 e. The first kappa shape index (κ1) is 13.7. The van der Waals surface area contributed by atoms with Gasteiger partial charge in [-0.15, -0.1) is 0 Å². The van der Waals surface area contributed by atoms with Crippen LogP contribution in [0.5, 0.6) is 0 Å². The van der Waals surface area contributed by atoms with Crippen molar-refractivity contribution >= 4 is 5.91 Å². The lowest BCUT2D eigenvalue weighted by Crippen LogP contribution is -2.48. The molecule has 0 heterocycles. The van der Waals surface area contributed by atoms with Crippen molar-refractivity contribution in [3.8, 4) is 0 Å². The molecule has 0 aliphatic rings. The van der Waals surface area contributed by atoms with Crippen LogP contribution in [-0.2, 0) is 11.2 Å². The molecule has 1 unspecified atom stereocenters. The number of aryl methyl sites for hydroxylation is 1. The fraction of sp³-hybridized carbons (Fsp3) is 0.500. The molecule has 0 saturated heterocycles. The van der Waals surface area contributed by atoms with Crippen molar-refractivity contribution in [2.45, 2.75) is 38.6 Å². The van der Waals surface area contributed by atoms with Crippen LogP contribution in [-0.4, -0.2) is 23.2 Å². The van der Waals surface area contributed by atoms with Crippen molar-refractivity contribution in [2.75, 3.05) is 6.61 Å². The number of amides is 1. The Balaban J connectivity index is 2.40. The van der Waals surface area contributed by atoms with E-state index >= 15 is 0 Å². The number of hydrogen-bond acceptors (Lipinski definition) is 2. The summed E-state index contributed by atoms with van der Waals surface area (Å²) >= 11 is 0. The summed E-state index contributed by atoms with van der Waals surface area (Å²) in [6.45, 7) is 3.78. The number of aliphatic hydroxyl groups excluding tert-OH is 1. The van der Waals surface area contributed by atoms with E-state index in [9.17, 15) is 9.90 Å². The summed E-state index contributed by atoms with van der Waals surface area (Å²) in [5.41, 5.74) is 0.665. The van der Waals surface area contributed by atoms with Crippen LogP contribution in [0.25, 0.3) is 0 Å². The van der Waals surface area contributed by atoms with Gasteiger partial charge in [-0.25, -0.2) is 0 Å². The van der Waals surface area contributed by atoms with Gasteiger partial charge < -0.3 is 10.4 Å². The molecule has 0 spiro atoms. The molecule has 94 valence electrons. The van der Waals surface area contributed by atoms with Crippen molar-refractivity contribution < 1.29 is 9.90 Å². The third-order valence-corrected chi connectivity index (χ3v) is 3.05. The lowest BCUT2D eigenvalue weighted by atomic mass is 9.99. The highest BCUT2D eigenvalue weighted by molar-refractivity contribution is 5.77. The van der Waals surface area contributed by atoms with Crippen molar-refractivity contribution in [2.24, 2.45) is 0 Å². The molecule has 0 aliphatic heterocycles. The zero-order chi connectivity index (χ0) is 12.7. The zero-order valence-corrected chi connectivity index (χ0v) is 10.6. The molecule has 3 heteroatoms. The van der Waals surface area contributed by atoms with Crippen LogP contribution < -0.4 is 5.32 Å². The third kappa shape index (κ3) is 4.57. The fourth-order valence-corrected chi connectivity index (χ4v) is 1.54. The summed E-state index contributed by atoms with van der Waals surface area (Å²) in [7, 11) is 0. The molecule has 0 aromatic heterocycles. The molecule has 3 nitrogen and oxygen atoms in total. The summed E-state index contributed by atoms with van der Waals surface area (Å²) in [5.74, 6) is -0.00717. The maximum absolute atomic E-state index is 11.7. The van der Waals surface area contributed by atoms with Crippen LogP contribution in [0.15, 0.2) is 30.3 Å². The van der Waals surface area contributed by atoms with Gasteiger partial charge >= 0.3 is 0 Å². The number of rotatable bonds is 6. The van der Waals surface area contributed by atoms with E-state index in [2.05, 4.69) is 5.32 Å². The molecule has 0 fully saturated rings. The lowest BCUT2D eigenvalue weighted by molar-refractivity contribution is -0.123. The zero-order valence-electron chi connectivity index (χ0n) is 10.6. The van der Waals surface area contributed by atoms with Gasteiger partial charge in [-0.05, 0) is 25.3 Å². The molecule has 1 rings (SSSR count). The molecule has 0 aliphatic carbocycles. The standard InChI is InChI=1S/C14H21NO2/c1-3-14(2,11-16)15-13(17)10-9-12-7-5-4-6-8-12/h4-8,16H,3,9-11H2,1-2H3,(H,15,17). The van der Waals surface area contributed by atoms with Crippen molar-refractivity contribution in [3.05, 3.63) is 35.9 Å². The first-order chi connectivity index (χ1) is 8.09. The van der Waals surface area contributed by atoms with Gasteiger partial charge in [0.1, 0.15) is 0 Å². The monoisotopic (exact) mass is 235 g/mol. The van der Waals surface area contributed by atoms with Gasteiger partial charge in [-0.1, -0.05) is 37.3 Å². The van der Waals surface area contributed by atoms with Crippen molar-refractivity contribution in [1.29, 1.82) is 0 Å². The van der Waals surface area contributed by atoms with Gasteiger partial charge in [0.2, 0.25) is 5.91 Å². The molecular weight excluding hydrogens is 214 g/mol. The second-order valence-electron chi connectivity index (χ2n) is 4.61. The topological polar surface area (TPSA) is 49.3 Å². The van der Waals surface area contributed by atoms with Gasteiger partial charge in [0.25, 0.3) is 0 Å². The van der Waals surface area contributed by atoms with Crippen molar-refractivity contribution in [3.63, 3.8) is 0 Å². The average molecular weight is 235 g/mol. The first-order valence-electron chi connectivity index (χ1n) is 6.05. The fourth-order valence-electron chi connectivity index (χ4n) is 1.54. The smallest absolute Gasteiger partial charge is 0.220 e. The predicted octanol–water partition coefficient (Wildman–Crippen LogP) is 1.90. The number of carbonyl (C=O) groups is 1. The minimum atomic E-state index is -0.492. The Morgan fingerprint density at radius 1 is 1.35 bits per heavy atom. The molecule has 2 N–H and O–H groups in total. The first-order valence-corrected chi connectivity index (χ1v) is 6.05. The molecule has 0 radical (unpaired) electrons. The molecule has 17 heavy (non-hydrogen) atoms. The van der Waals surface area contributed by atoms with Crippen LogP contribution in [0.2, 0.25) is 0 Å². The predicted molar refractivity (Wildman–Crippen MR) is 68.7 cm³/mol. The van der Waals surface area contributed by atoms with E-state index in [0.29, 0.717) is 6.42 Å². The highest BCUT2D eigenvalue weighted by Crippen LogP contribution is 2.09. The molecule has 0 saturated carbocycles. The van der Waals surface area contributed by atoms with Crippen LogP contribution in [0.4, 0.5) is 0 Å². The van der Waals surface area contributed by atoms with Gasteiger partial charge in [0.05, 0.1) is 12.1 Å². The lowest BCUT2D eigenvalue weighted by Gasteiger charge is -2.27. The summed E-state index contributed by atoms with van der Waals surface area (Å²) in [5, 5.41) is 12.1. The van der Waals surface area contributed by atoms with Crippen molar-refractivity contribution in [1.82, 2.24) is 5.32 Å². The maximum Gasteiger partial charge on any atom is 0.220 e. The quantitative estimate of drug-likeness (QED) is 0.791. The van der Waals surface area contributed by atoms with E-state index in [1.54, 1.807) is 0 Å². The van der Waals surface area contributed by atoms with E-state index in [4.69, 9.17) is 0 Å². The van der Waals surface area contributed by atoms with E-state index in [-0.39, 0.29) is 12.5 Å². The molecule has 1 aromatic carbocycles. The number of benzene rings is 1. The van der Waals surface area contributed by atoms with Gasteiger partial charge in [-0.2, -0.15) is 0 Å². The second kappa shape index (κ2) is 6.40. The highest BCUT2D eigenvalue weighted by atomic mass is 16.3. The summed E-state index contributed by atoms with van der Waals surface area (Å²) in [4.78, 5) is 11.7. The molecule has 0 bridgehead atoms. The van der Waals surface area contributed by atoms with Gasteiger partial charge in [0, 0.05) is 6.42 Å². The number of hydrogen-bond donors (Lipinski definition) is 2. The summed E-state index contributed by atoms with van der Waals surface area (Å²) in [6, 6.07) is 9.93. The molecule has 1 amide bonds. The number of nitrogens with one attached hydrogen (secondary N) is 1. The Hall–Kier alpha value is -1.35. The number of carbonyl (C=O) groups excluding carboxylic acids is 1. The second-order valence-corrected chi connectivity index (χ2v) is 4.61. The SMILES string of the molecule is CCC(C)(CO)NC(=O)CCc1ccccc1. The molecule has 1 atom stereocenters. The van der Waals surface area contributed by atoms with Crippen LogP contribution in [0.3, 0.4) is 0 Å². The highest BCUT2D eigenvalue weighted by Gasteiger charge is 2.22. The Morgan fingerprint density at radius 3 is 2.53 bits per heavy atom. The normalized spacial score (nSPS) is 14.1. The Bertz CT molecular complexity index is 344. The minimum Gasteiger partial charge on any atom is -0.394 e. The Labute approximate surface area is 103 Å².